The minimum absolute atomic E-state index is 0.0670. The van der Waals surface area contributed by atoms with E-state index < -0.39 is 60.2 Å². The molecule has 32 heavy (non-hydrogen) atoms. The minimum atomic E-state index is -7.46. The van der Waals surface area contributed by atoms with Crippen LogP contribution in [0.2, 0.25) is 10.0 Å². The van der Waals surface area contributed by atoms with E-state index in [1.54, 1.807) is 0 Å². The molecule has 1 nitrogen and oxygen atoms in total. The molecule has 0 saturated carbocycles. The Balaban J connectivity index is 3.37. The number of alkyl halides is 12. The molecule has 0 aliphatic heterocycles. The van der Waals surface area contributed by atoms with Gasteiger partial charge in [-0.05, 0) is 18.1 Å². The molecule has 183 valence electrons. The zero-order valence-electron chi connectivity index (χ0n) is 15.4. The van der Waals surface area contributed by atoms with Gasteiger partial charge in [0.2, 0.25) is 6.17 Å². The van der Waals surface area contributed by atoms with Crippen LogP contribution in [0.1, 0.15) is 25.0 Å². The third-order valence-corrected chi connectivity index (χ3v) is 5.45. The zero-order valence-corrected chi connectivity index (χ0v) is 17.9. The zero-order chi connectivity index (χ0) is 25.4. The lowest BCUT2D eigenvalue weighted by Crippen LogP contribution is -2.67. The maximum atomic E-state index is 14.1. The fourth-order valence-corrected chi connectivity index (χ4v) is 3.27. The lowest BCUT2D eigenvalue weighted by atomic mass is 9.95. The Kier molecular flexibility index (Phi) is 8.92. The van der Waals surface area contributed by atoms with Crippen LogP contribution >= 0.6 is 23.2 Å². The molecule has 1 aromatic rings. The first-order valence-electron chi connectivity index (χ1n) is 8.21. The van der Waals surface area contributed by atoms with E-state index in [9.17, 15) is 52.7 Å². The van der Waals surface area contributed by atoms with Crippen molar-refractivity contribution in [3.8, 4) is 0 Å². The highest BCUT2D eigenvalue weighted by Crippen LogP contribution is 2.56. The summed E-state index contributed by atoms with van der Waals surface area (Å²) in [7, 11) is 2.94. The Hall–Kier alpha value is -0.863. The van der Waals surface area contributed by atoms with Gasteiger partial charge in [0.25, 0.3) is 12.8 Å². The van der Waals surface area contributed by atoms with Crippen molar-refractivity contribution < 1.29 is 57.4 Å². The number of ether oxygens (including phenoxy) is 1. The first-order valence-corrected chi connectivity index (χ1v) is 9.47. The normalized spacial score (nSPS) is 16.9. The number of hydrogen-bond acceptors (Lipinski definition) is 1. The maximum absolute atomic E-state index is 14.1. The summed E-state index contributed by atoms with van der Waals surface area (Å²) in [5.41, 5.74) is -0.376. The molecule has 16 heteroatoms. The molecule has 0 heterocycles. The lowest BCUT2D eigenvalue weighted by Gasteiger charge is -2.39. The first-order chi connectivity index (χ1) is 14.3. The van der Waals surface area contributed by atoms with Gasteiger partial charge in [-0.3, -0.25) is 0 Å². The van der Waals surface area contributed by atoms with Gasteiger partial charge in [0.15, 0.2) is 0 Å². The Labute approximate surface area is 186 Å². The van der Waals surface area contributed by atoms with E-state index in [-0.39, 0.29) is 15.8 Å². The van der Waals surface area contributed by atoms with Gasteiger partial charge in [-0.15, -0.1) is 0 Å². The van der Waals surface area contributed by atoms with Gasteiger partial charge < -0.3 is 4.74 Å². The maximum Gasteiger partial charge on any atom is 0.383 e. The van der Waals surface area contributed by atoms with E-state index >= 15 is 0 Å². The fourth-order valence-electron chi connectivity index (χ4n) is 2.37. The minimum Gasteiger partial charge on any atom is -0.335 e. The molecule has 3 unspecified atom stereocenters. The van der Waals surface area contributed by atoms with Crippen molar-refractivity contribution in [3.63, 3.8) is 0 Å². The summed E-state index contributed by atoms with van der Waals surface area (Å²) in [5, 5.41) is -0.727. The second-order valence-electron chi connectivity index (χ2n) is 6.30. The molecule has 1 rings (SSSR count). The summed E-state index contributed by atoms with van der Waals surface area (Å²) >= 11 is 11.5. The molecular formula is C16H11Cl2F12OSi. The van der Waals surface area contributed by atoms with Gasteiger partial charge in [-0.1, -0.05) is 41.4 Å². The molecule has 0 fully saturated rings. The van der Waals surface area contributed by atoms with Crippen molar-refractivity contribution in [2.75, 3.05) is 0 Å². The van der Waals surface area contributed by atoms with Gasteiger partial charge in [-0.25, -0.2) is 17.6 Å². The number of hydrogen-bond donors (Lipinski definition) is 0. The number of rotatable bonds is 10. The second kappa shape index (κ2) is 9.78. The molecule has 0 aliphatic carbocycles. The summed E-state index contributed by atoms with van der Waals surface area (Å²) in [5.74, 6) is -28.6. The smallest absolute Gasteiger partial charge is 0.335 e. The van der Waals surface area contributed by atoms with Gasteiger partial charge >= 0.3 is 23.7 Å². The van der Waals surface area contributed by atoms with Crippen molar-refractivity contribution >= 4 is 38.6 Å². The van der Waals surface area contributed by atoms with Crippen LogP contribution in [0, 0.1) is 0 Å². The molecule has 1 aromatic carbocycles. The Morgan fingerprint density at radius 3 is 1.78 bits per heavy atom. The van der Waals surface area contributed by atoms with E-state index in [0.29, 0.717) is 0 Å². The molecule has 3 radical (unpaired) electrons. The van der Waals surface area contributed by atoms with E-state index in [4.69, 9.17) is 23.2 Å². The van der Waals surface area contributed by atoms with Crippen LogP contribution in [0.25, 0.3) is 0 Å². The second-order valence-corrected chi connectivity index (χ2v) is 7.63. The van der Waals surface area contributed by atoms with Gasteiger partial charge in [0, 0.05) is 0 Å². The molecule has 0 saturated heterocycles. The molecule has 0 N–H and O–H groups in total. The predicted molar refractivity (Wildman–Crippen MR) is 91.6 cm³/mol. The monoisotopic (exact) mass is 545 g/mol. The van der Waals surface area contributed by atoms with Crippen molar-refractivity contribution in [2.24, 2.45) is 0 Å². The Morgan fingerprint density at radius 1 is 0.875 bits per heavy atom. The average molecular weight is 546 g/mol. The van der Waals surface area contributed by atoms with Crippen molar-refractivity contribution in [1.82, 2.24) is 0 Å². The van der Waals surface area contributed by atoms with Crippen LogP contribution < -0.4 is 5.19 Å². The highest BCUT2D eigenvalue weighted by Gasteiger charge is 2.85. The predicted octanol–water partition coefficient (Wildman–Crippen LogP) is 6.69. The molecule has 3 atom stereocenters. The Morgan fingerprint density at radius 2 is 1.34 bits per heavy atom. The van der Waals surface area contributed by atoms with Crippen molar-refractivity contribution in [2.45, 2.75) is 62.1 Å². The summed E-state index contributed by atoms with van der Waals surface area (Å²) in [4.78, 5) is 0. The summed E-state index contributed by atoms with van der Waals surface area (Å²) in [6.45, 7) is 1.13. The SMILES string of the molecule is CCC(OC(F)C(F)(F)C(F)(F)C(F)(F)C(F)(F)C(F)C(F)F)c1c([Si])ccc(Cl)c1Cl. The summed E-state index contributed by atoms with van der Waals surface area (Å²) in [6, 6.07) is 2.34. The van der Waals surface area contributed by atoms with Gasteiger partial charge in [0.1, 0.15) is 0 Å². The highest BCUT2D eigenvalue weighted by atomic mass is 35.5. The molecule has 0 aromatic heterocycles. The summed E-state index contributed by atoms with van der Waals surface area (Å²) < 4.78 is 164. The van der Waals surface area contributed by atoms with Crippen LogP contribution in [0.5, 0.6) is 0 Å². The molecule has 0 spiro atoms. The molecule has 0 bridgehead atoms. The van der Waals surface area contributed by atoms with E-state index in [1.165, 1.54) is 6.07 Å². The molecule has 0 amide bonds. The average Bonchev–Trinajstić information content (AvgIpc) is 2.68. The fraction of sp³-hybridized carbons (Fsp3) is 0.625. The molecular weight excluding hydrogens is 535 g/mol. The highest BCUT2D eigenvalue weighted by molar-refractivity contribution is 6.44. The van der Waals surface area contributed by atoms with Crippen LogP contribution in [-0.4, -0.2) is 52.9 Å². The van der Waals surface area contributed by atoms with E-state index in [2.05, 4.69) is 15.0 Å². The third-order valence-electron chi connectivity index (χ3n) is 4.19. The van der Waals surface area contributed by atoms with Crippen LogP contribution in [-0.2, 0) is 4.74 Å². The van der Waals surface area contributed by atoms with Gasteiger partial charge in [0.05, 0.1) is 26.4 Å². The summed E-state index contributed by atoms with van der Waals surface area (Å²) in [6.07, 6.45) is -17.3. The van der Waals surface area contributed by atoms with E-state index in [0.717, 1.165) is 13.0 Å². The van der Waals surface area contributed by atoms with Gasteiger partial charge in [-0.2, -0.15) is 35.1 Å². The number of halogens is 14. The third kappa shape index (κ3) is 4.83. The van der Waals surface area contributed by atoms with Crippen molar-refractivity contribution in [1.29, 1.82) is 0 Å². The molecule has 0 aliphatic rings. The van der Waals surface area contributed by atoms with Crippen LogP contribution in [0.15, 0.2) is 12.1 Å². The quantitative estimate of drug-likeness (QED) is 0.235. The first kappa shape index (κ1) is 29.2. The topological polar surface area (TPSA) is 9.23 Å². The van der Waals surface area contributed by atoms with Crippen LogP contribution in [0.3, 0.4) is 0 Å². The largest absolute Gasteiger partial charge is 0.383 e. The van der Waals surface area contributed by atoms with Crippen molar-refractivity contribution in [3.05, 3.63) is 27.7 Å². The number of benzene rings is 1. The standard InChI is InChI=1S/C16H11Cl2F12OSi/c1-2-6(8-7(32)4-3-5(17)9(8)18)31-12(22)14(25,26)16(29,30)15(27,28)13(23,24)10(19)11(20)21/h3-4,6,10-12H,2H2,1H3. The van der Waals surface area contributed by atoms with E-state index in [1.807, 2.05) is 0 Å². The lowest BCUT2D eigenvalue weighted by molar-refractivity contribution is -0.405. The Bertz CT molecular complexity index is 807. The van der Waals surface area contributed by atoms with Crippen LogP contribution in [0.4, 0.5) is 52.7 Å².